The second-order valence-corrected chi connectivity index (χ2v) is 8.98. The first-order chi connectivity index (χ1) is 13.6. The normalized spacial score (nSPS) is 11.2. The van der Waals surface area contributed by atoms with Gasteiger partial charge in [0.25, 0.3) is 0 Å². The molecular formula is C21H26N2O5S. The summed E-state index contributed by atoms with van der Waals surface area (Å²) in [5.74, 6) is 0.249. The Morgan fingerprint density at radius 1 is 0.931 bits per heavy atom. The monoisotopic (exact) mass is 418 g/mol. The Labute approximate surface area is 171 Å². The number of sulfone groups is 1. The first-order valence-electron chi connectivity index (χ1n) is 9.29. The highest BCUT2D eigenvalue weighted by atomic mass is 32.2. The van der Waals surface area contributed by atoms with Crippen LogP contribution in [0.5, 0.6) is 5.75 Å². The van der Waals surface area contributed by atoms with Gasteiger partial charge in [0.15, 0.2) is 9.84 Å². The van der Waals surface area contributed by atoms with Crippen LogP contribution in [-0.2, 0) is 19.4 Å². The van der Waals surface area contributed by atoms with Crippen LogP contribution in [0.2, 0.25) is 0 Å². The van der Waals surface area contributed by atoms with Gasteiger partial charge in [0, 0.05) is 30.0 Å². The van der Waals surface area contributed by atoms with E-state index in [2.05, 4.69) is 10.6 Å². The number of carbonyl (C=O) groups excluding carboxylic acids is 2. The lowest BCUT2D eigenvalue weighted by Gasteiger charge is -2.10. The molecule has 0 bridgehead atoms. The minimum absolute atomic E-state index is 0.0623. The summed E-state index contributed by atoms with van der Waals surface area (Å²) in [6, 6.07) is 13.1. The molecule has 0 heterocycles. The van der Waals surface area contributed by atoms with Crippen LogP contribution in [0.1, 0.15) is 26.7 Å². The zero-order valence-electron chi connectivity index (χ0n) is 16.8. The number of nitrogens with one attached hydrogen (secondary N) is 2. The van der Waals surface area contributed by atoms with E-state index in [0.717, 1.165) is 6.26 Å². The summed E-state index contributed by atoms with van der Waals surface area (Å²) in [5, 5.41) is 5.58. The van der Waals surface area contributed by atoms with E-state index in [-0.39, 0.29) is 29.0 Å². The van der Waals surface area contributed by atoms with Crippen LogP contribution in [0.4, 0.5) is 11.4 Å². The fourth-order valence-corrected chi connectivity index (χ4v) is 2.98. The van der Waals surface area contributed by atoms with E-state index >= 15 is 0 Å². The highest BCUT2D eigenvalue weighted by molar-refractivity contribution is 7.90. The largest absolute Gasteiger partial charge is 0.494 e. The van der Waals surface area contributed by atoms with Gasteiger partial charge >= 0.3 is 0 Å². The number of amides is 2. The predicted octanol–water partition coefficient (Wildman–Crippen LogP) is 3.48. The number of ether oxygens (including phenoxy) is 1. The Morgan fingerprint density at radius 3 is 2.00 bits per heavy atom. The average Bonchev–Trinajstić information content (AvgIpc) is 2.66. The van der Waals surface area contributed by atoms with E-state index < -0.39 is 9.84 Å². The lowest BCUT2D eigenvalue weighted by Crippen LogP contribution is -2.17. The van der Waals surface area contributed by atoms with E-state index in [4.69, 9.17) is 4.74 Å². The van der Waals surface area contributed by atoms with Crippen molar-refractivity contribution in [2.45, 2.75) is 31.6 Å². The molecule has 0 unspecified atom stereocenters. The van der Waals surface area contributed by atoms with Crippen LogP contribution in [0.25, 0.3) is 0 Å². The predicted molar refractivity (Wildman–Crippen MR) is 113 cm³/mol. The zero-order chi connectivity index (χ0) is 21.4. The third-order valence-electron chi connectivity index (χ3n) is 4.03. The summed E-state index contributed by atoms with van der Waals surface area (Å²) < 4.78 is 28.4. The Hall–Kier alpha value is -2.87. The van der Waals surface area contributed by atoms with Gasteiger partial charge in [0.05, 0.1) is 11.5 Å². The maximum absolute atomic E-state index is 12.0. The van der Waals surface area contributed by atoms with Crippen molar-refractivity contribution in [3.8, 4) is 5.75 Å². The summed E-state index contributed by atoms with van der Waals surface area (Å²) in [5.41, 5.74) is 1.33. The molecule has 0 spiro atoms. The minimum atomic E-state index is -3.23. The molecule has 2 amide bonds. The fraction of sp³-hybridized carbons (Fsp3) is 0.333. The van der Waals surface area contributed by atoms with E-state index in [1.54, 1.807) is 36.4 Å². The first-order valence-corrected chi connectivity index (χ1v) is 11.2. The van der Waals surface area contributed by atoms with Gasteiger partial charge in [-0.3, -0.25) is 9.59 Å². The quantitative estimate of drug-likeness (QED) is 0.607. The summed E-state index contributed by atoms with van der Waals surface area (Å²) in [4.78, 5) is 23.9. The molecule has 0 saturated carbocycles. The van der Waals surface area contributed by atoms with Crippen molar-refractivity contribution in [3.63, 3.8) is 0 Å². The third-order valence-corrected chi connectivity index (χ3v) is 5.16. The smallest absolute Gasteiger partial charge is 0.226 e. The Morgan fingerprint density at radius 2 is 1.48 bits per heavy atom. The lowest BCUT2D eigenvalue weighted by atomic mass is 10.2. The summed E-state index contributed by atoms with van der Waals surface area (Å²) >= 11 is 0. The van der Waals surface area contributed by atoms with Gasteiger partial charge in [-0.05, 0) is 55.0 Å². The second-order valence-electron chi connectivity index (χ2n) is 6.97. The molecular weight excluding hydrogens is 392 g/mol. The lowest BCUT2D eigenvalue weighted by molar-refractivity contribution is -0.119. The molecule has 0 radical (unpaired) electrons. The van der Waals surface area contributed by atoms with Crippen molar-refractivity contribution < 1.29 is 22.7 Å². The topological polar surface area (TPSA) is 102 Å². The maximum atomic E-state index is 12.0. The molecule has 0 atom stereocenters. The van der Waals surface area contributed by atoms with Crippen LogP contribution in [0.3, 0.4) is 0 Å². The molecule has 156 valence electrons. The van der Waals surface area contributed by atoms with E-state index in [1.165, 1.54) is 12.1 Å². The van der Waals surface area contributed by atoms with Crippen molar-refractivity contribution in [1.29, 1.82) is 0 Å². The maximum Gasteiger partial charge on any atom is 0.226 e. The molecule has 0 aliphatic rings. The van der Waals surface area contributed by atoms with Crippen molar-refractivity contribution in [2.75, 3.05) is 23.5 Å². The molecule has 7 nitrogen and oxygen atoms in total. The van der Waals surface area contributed by atoms with Crippen LogP contribution in [0, 0.1) is 5.92 Å². The number of hydrogen-bond acceptors (Lipinski definition) is 5. The molecule has 0 saturated heterocycles. The SMILES string of the molecule is CC(C)C(=O)Nc1ccc(NC(=O)CCCOc2ccc(S(C)(=O)=O)cc2)cc1. The van der Waals surface area contributed by atoms with E-state index in [9.17, 15) is 18.0 Å². The molecule has 8 heteroatoms. The highest BCUT2D eigenvalue weighted by Gasteiger charge is 2.08. The molecule has 0 aliphatic heterocycles. The number of hydrogen-bond donors (Lipinski definition) is 2. The molecule has 2 N–H and O–H groups in total. The van der Waals surface area contributed by atoms with Gasteiger partial charge in [-0.2, -0.15) is 0 Å². The number of carbonyl (C=O) groups is 2. The Kier molecular flexibility index (Phi) is 7.78. The van der Waals surface area contributed by atoms with Crippen LogP contribution >= 0.6 is 0 Å². The standard InChI is InChI=1S/C21H26N2O5S/c1-15(2)21(25)23-17-8-6-16(7-9-17)22-20(24)5-4-14-28-18-10-12-19(13-11-18)29(3,26)27/h6-13,15H,4-5,14H2,1-3H3,(H,22,24)(H,23,25). The Bertz CT molecular complexity index is 936. The molecule has 0 aliphatic carbocycles. The first kappa shape index (κ1) is 22.4. The van der Waals surface area contributed by atoms with Crippen LogP contribution < -0.4 is 15.4 Å². The second kappa shape index (κ2) is 10.1. The zero-order valence-corrected chi connectivity index (χ0v) is 17.6. The highest BCUT2D eigenvalue weighted by Crippen LogP contribution is 2.17. The van der Waals surface area contributed by atoms with Crippen molar-refractivity contribution >= 4 is 33.0 Å². The van der Waals surface area contributed by atoms with Crippen molar-refractivity contribution in [3.05, 3.63) is 48.5 Å². The molecule has 2 aromatic rings. The van der Waals surface area contributed by atoms with Crippen LogP contribution in [0.15, 0.2) is 53.4 Å². The number of benzene rings is 2. The van der Waals surface area contributed by atoms with Gasteiger partial charge in [-0.1, -0.05) is 13.8 Å². The molecule has 2 aromatic carbocycles. The van der Waals surface area contributed by atoms with Gasteiger partial charge in [-0.25, -0.2) is 8.42 Å². The van der Waals surface area contributed by atoms with Gasteiger partial charge in [-0.15, -0.1) is 0 Å². The van der Waals surface area contributed by atoms with E-state index in [1.807, 2.05) is 13.8 Å². The van der Waals surface area contributed by atoms with Gasteiger partial charge < -0.3 is 15.4 Å². The summed E-state index contributed by atoms with van der Waals surface area (Å²) in [7, 11) is -3.23. The van der Waals surface area contributed by atoms with Crippen molar-refractivity contribution in [2.24, 2.45) is 5.92 Å². The third kappa shape index (κ3) is 7.57. The molecule has 29 heavy (non-hydrogen) atoms. The molecule has 0 fully saturated rings. The minimum Gasteiger partial charge on any atom is -0.494 e. The Balaban J connectivity index is 1.72. The summed E-state index contributed by atoms with van der Waals surface area (Å²) in [6.07, 6.45) is 1.95. The van der Waals surface area contributed by atoms with Crippen LogP contribution in [-0.4, -0.2) is 33.1 Å². The van der Waals surface area contributed by atoms with Crippen molar-refractivity contribution in [1.82, 2.24) is 0 Å². The van der Waals surface area contributed by atoms with E-state index in [0.29, 0.717) is 30.2 Å². The number of rotatable bonds is 9. The average molecular weight is 419 g/mol. The van der Waals surface area contributed by atoms with Gasteiger partial charge in [0.1, 0.15) is 5.75 Å². The summed E-state index contributed by atoms with van der Waals surface area (Å²) in [6.45, 7) is 3.97. The molecule has 0 aromatic heterocycles. The van der Waals surface area contributed by atoms with Gasteiger partial charge in [0.2, 0.25) is 11.8 Å². The molecule has 2 rings (SSSR count). The number of anilines is 2. The fourth-order valence-electron chi connectivity index (χ4n) is 2.35.